The molecular weight excluding hydrogens is 412 g/mol. The van der Waals surface area contributed by atoms with Crippen molar-refractivity contribution in [2.75, 3.05) is 26.7 Å². The van der Waals surface area contributed by atoms with E-state index in [9.17, 15) is 4.79 Å². The smallest absolute Gasteiger partial charge is 0.252 e. The molecule has 2 aromatic rings. The molecule has 1 aliphatic heterocycles. The first kappa shape index (κ1) is 19.4. The normalized spacial score (nSPS) is 16.7. The summed E-state index contributed by atoms with van der Waals surface area (Å²) in [5.41, 5.74) is 1.89. The minimum atomic E-state index is -0.0779. The zero-order valence-electron chi connectivity index (χ0n) is 15.0. The van der Waals surface area contributed by atoms with E-state index in [1.807, 2.05) is 12.1 Å². The van der Waals surface area contributed by atoms with Gasteiger partial charge in [-0.05, 0) is 82.5 Å². The molecule has 1 atom stereocenters. The van der Waals surface area contributed by atoms with E-state index in [0.29, 0.717) is 17.9 Å². The van der Waals surface area contributed by atoms with E-state index < -0.39 is 0 Å². The van der Waals surface area contributed by atoms with Gasteiger partial charge in [-0.15, -0.1) is 0 Å². The summed E-state index contributed by atoms with van der Waals surface area (Å²) < 4.78 is 6.02. The second kappa shape index (κ2) is 9.53. The zero-order chi connectivity index (χ0) is 18.4. The highest BCUT2D eigenvalue weighted by atomic mass is 79.9. The van der Waals surface area contributed by atoms with Gasteiger partial charge in [-0.3, -0.25) is 9.69 Å². The SMILES string of the molecule is COc1ccc(Br)c(C(=O)NCC(c2ccsc2)N2CCCCCC2)c1. The molecule has 3 rings (SSSR count). The lowest BCUT2D eigenvalue weighted by molar-refractivity contribution is 0.0932. The van der Waals surface area contributed by atoms with E-state index in [1.165, 1.54) is 31.2 Å². The van der Waals surface area contributed by atoms with E-state index in [0.717, 1.165) is 17.6 Å². The van der Waals surface area contributed by atoms with Crippen LogP contribution in [0.2, 0.25) is 0 Å². The number of rotatable bonds is 6. The predicted octanol–water partition coefficient (Wildman–Crippen LogP) is 4.87. The van der Waals surface area contributed by atoms with Crippen LogP contribution in [0, 0.1) is 0 Å². The van der Waals surface area contributed by atoms with Crippen LogP contribution in [0.4, 0.5) is 0 Å². The number of nitrogens with one attached hydrogen (secondary N) is 1. The Morgan fingerprint density at radius 1 is 1.27 bits per heavy atom. The number of nitrogens with zero attached hydrogens (tertiary/aromatic N) is 1. The molecule has 1 aliphatic rings. The predicted molar refractivity (Wildman–Crippen MR) is 110 cm³/mol. The van der Waals surface area contributed by atoms with Crippen molar-refractivity contribution in [1.82, 2.24) is 10.2 Å². The molecule has 1 unspecified atom stereocenters. The maximum absolute atomic E-state index is 12.7. The highest BCUT2D eigenvalue weighted by Crippen LogP contribution is 2.26. The Hall–Kier alpha value is -1.37. The lowest BCUT2D eigenvalue weighted by Gasteiger charge is -2.30. The number of hydrogen-bond acceptors (Lipinski definition) is 4. The molecule has 4 nitrogen and oxygen atoms in total. The summed E-state index contributed by atoms with van der Waals surface area (Å²) in [6.45, 7) is 2.80. The molecule has 1 fully saturated rings. The monoisotopic (exact) mass is 436 g/mol. The van der Waals surface area contributed by atoms with Crippen LogP contribution < -0.4 is 10.1 Å². The average molecular weight is 437 g/mol. The molecule has 0 spiro atoms. The summed E-state index contributed by atoms with van der Waals surface area (Å²) in [6.07, 6.45) is 5.07. The quantitative estimate of drug-likeness (QED) is 0.702. The molecule has 1 amide bonds. The number of amides is 1. The largest absolute Gasteiger partial charge is 0.497 e. The van der Waals surface area contributed by atoms with Gasteiger partial charge in [0.1, 0.15) is 5.75 Å². The molecule has 26 heavy (non-hydrogen) atoms. The zero-order valence-corrected chi connectivity index (χ0v) is 17.4. The van der Waals surface area contributed by atoms with Crippen molar-refractivity contribution in [3.63, 3.8) is 0 Å². The molecule has 1 saturated heterocycles. The molecule has 1 aromatic heterocycles. The first-order valence-electron chi connectivity index (χ1n) is 9.07. The summed E-state index contributed by atoms with van der Waals surface area (Å²) in [6, 6.07) is 7.86. The maximum Gasteiger partial charge on any atom is 0.252 e. The van der Waals surface area contributed by atoms with Gasteiger partial charge in [0.05, 0.1) is 18.7 Å². The molecule has 0 saturated carbocycles. The fourth-order valence-corrected chi connectivity index (χ4v) is 4.55. The van der Waals surface area contributed by atoms with E-state index in [1.54, 1.807) is 24.5 Å². The van der Waals surface area contributed by atoms with E-state index in [2.05, 4.69) is 43.0 Å². The van der Waals surface area contributed by atoms with E-state index in [4.69, 9.17) is 4.74 Å². The van der Waals surface area contributed by atoms with E-state index >= 15 is 0 Å². The number of hydrogen-bond donors (Lipinski definition) is 1. The fraction of sp³-hybridized carbons (Fsp3) is 0.450. The van der Waals surface area contributed by atoms with Gasteiger partial charge in [0.2, 0.25) is 0 Å². The summed E-state index contributed by atoms with van der Waals surface area (Å²) in [5.74, 6) is 0.603. The van der Waals surface area contributed by atoms with Crippen LogP contribution in [-0.2, 0) is 0 Å². The summed E-state index contributed by atoms with van der Waals surface area (Å²) >= 11 is 5.18. The second-order valence-electron chi connectivity index (χ2n) is 6.58. The molecule has 1 N–H and O–H groups in total. The third-order valence-corrected chi connectivity index (χ3v) is 6.28. The van der Waals surface area contributed by atoms with Crippen molar-refractivity contribution >= 4 is 33.2 Å². The average Bonchev–Trinajstić information content (AvgIpc) is 3.05. The van der Waals surface area contributed by atoms with Gasteiger partial charge in [0.25, 0.3) is 5.91 Å². The number of carbonyl (C=O) groups is 1. The van der Waals surface area contributed by atoms with Gasteiger partial charge in [-0.2, -0.15) is 11.3 Å². The Labute approximate surface area is 167 Å². The molecule has 140 valence electrons. The van der Waals surface area contributed by atoms with E-state index in [-0.39, 0.29) is 11.9 Å². The Kier molecular flexibility index (Phi) is 7.11. The Morgan fingerprint density at radius 3 is 2.69 bits per heavy atom. The lowest BCUT2D eigenvalue weighted by Crippen LogP contribution is -2.38. The van der Waals surface area contributed by atoms with Gasteiger partial charge in [0.15, 0.2) is 0 Å². The fourth-order valence-electron chi connectivity index (χ4n) is 3.42. The Morgan fingerprint density at radius 2 is 2.04 bits per heavy atom. The van der Waals surface area contributed by atoms with Crippen molar-refractivity contribution in [2.45, 2.75) is 31.7 Å². The second-order valence-corrected chi connectivity index (χ2v) is 8.21. The molecule has 6 heteroatoms. The van der Waals surface area contributed by atoms with Crippen molar-refractivity contribution in [1.29, 1.82) is 0 Å². The minimum absolute atomic E-state index is 0.0779. The molecule has 2 heterocycles. The highest BCUT2D eigenvalue weighted by Gasteiger charge is 2.23. The number of carbonyl (C=O) groups excluding carboxylic acids is 1. The number of ether oxygens (including phenoxy) is 1. The standard InChI is InChI=1S/C20H25BrN2O2S/c1-25-16-6-7-18(21)17(12-16)20(24)22-13-19(15-8-11-26-14-15)23-9-4-2-3-5-10-23/h6-8,11-12,14,19H,2-5,9-10,13H2,1H3,(H,22,24). The third kappa shape index (κ3) is 4.87. The molecule has 0 radical (unpaired) electrons. The van der Waals surface area contributed by atoms with Crippen LogP contribution in [0.3, 0.4) is 0 Å². The van der Waals surface area contributed by atoms with Crippen LogP contribution in [0.5, 0.6) is 5.75 Å². The van der Waals surface area contributed by atoms with Crippen molar-refractivity contribution < 1.29 is 9.53 Å². The van der Waals surface area contributed by atoms with Gasteiger partial charge in [-0.25, -0.2) is 0 Å². The Balaban J connectivity index is 1.72. The highest BCUT2D eigenvalue weighted by molar-refractivity contribution is 9.10. The van der Waals surface area contributed by atoms with Crippen LogP contribution in [0.25, 0.3) is 0 Å². The van der Waals surface area contributed by atoms with Gasteiger partial charge in [-0.1, -0.05) is 12.8 Å². The van der Waals surface area contributed by atoms with Gasteiger partial charge < -0.3 is 10.1 Å². The van der Waals surface area contributed by atoms with Gasteiger partial charge >= 0.3 is 0 Å². The molecule has 0 bridgehead atoms. The van der Waals surface area contributed by atoms with Gasteiger partial charge in [0, 0.05) is 11.0 Å². The number of thiophene rings is 1. The van der Waals surface area contributed by atoms with Crippen molar-refractivity contribution in [3.05, 3.63) is 50.6 Å². The van der Waals surface area contributed by atoms with Crippen LogP contribution in [0.1, 0.15) is 47.6 Å². The van der Waals surface area contributed by atoms with Crippen LogP contribution in [0.15, 0.2) is 39.5 Å². The summed E-state index contributed by atoms with van der Waals surface area (Å²) in [7, 11) is 1.61. The number of likely N-dealkylation sites (tertiary alicyclic amines) is 1. The Bertz CT molecular complexity index is 713. The third-order valence-electron chi connectivity index (χ3n) is 4.88. The first-order chi connectivity index (χ1) is 12.7. The molecule has 1 aromatic carbocycles. The number of halogens is 1. The topological polar surface area (TPSA) is 41.6 Å². The van der Waals surface area contributed by atoms with Crippen molar-refractivity contribution in [2.24, 2.45) is 0 Å². The molecule has 0 aliphatic carbocycles. The number of benzene rings is 1. The number of methoxy groups -OCH3 is 1. The van der Waals surface area contributed by atoms with Crippen LogP contribution in [-0.4, -0.2) is 37.6 Å². The summed E-state index contributed by atoms with van der Waals surface area (Å²) in [5, 5.41) is 7.44. The first-order valence-corrected chi connectivity index (χ1v) is 10.8. The molecular formula is C20H25BrN2O2S. The lowest BCUT2D eigenvalue weighted by atomic mass is 10.1. The maximum atomic E-state index is 12.7. The van der Waals surface area contributed by atoms with Crippen molar-refractivity contribution in [3.8, 4) is 5.75 Å². The van der Waals surface area contributed by atoms with Crippen LogP contribution >= 0.6 is 27.3 Å². The summed E-state index contributed by atoms with van der Waals surface area (Å²) in [4.78, 5) is 15.3. The minimum Gasteiger partial charge on any atom is -0.497 e.